The van der Waals surface area contributed by atoms with Gasteiger partial charge in [0.25, 0.3) is 11.7 Å². The first-order valence-corrected chi connectivity index (χ1v) is 6.14. The third-order valence-corrected chi connectivity index (χ3v) is 2.85. The number of aromatic amines is 1. The summed E-state index contributed by atoms with van der Waals surface area (Å²) in [6, 6.07) is 5.23. The fourth-order valence-corrected chi connectivity index (χ4v) is 1.86. The Morgan fingerprint density at radius 3 is 2.91 bits per heavy atom. The highest BCUT2D eigenvalue weighted by Gasteiger charge is 2.36. The molecule has 0 bridgehead atoms. The Morgan fingerprint density at radius 1 is 1.36 bits per heavy atom. The first-order valence-electron chi connectivity index (χ1n) is 6.14. The molecule has 2 N–H and O–H groups in total. The smallest absolute Gasteiger partial charge is 0.343 e. The van der Waals surface area contributed by atoms with Crippen molar-refractivity contribution in [2.24, 2.45) is 0 Å². The van der Waals surface area contributed by atoms with Gasteiger partial charge in [-0.15, -0.1) is 5.10 Å². The zero-order valence-electron chi connectivity index (χ0n) is 10.9. The van der Waals surface area contributed by atoms with Gasteiger partial charge in [0, 0.05) is 6.20 Å². The number of pyridine rings is 1. The second-order valence-corrected chi connectivity index (χ2v) is 4.36. The van der Waals surface area contributed by atoms with Crippen LogP contribution in [0.5, 0.6) is 0 Å². The van der Waals surface area contributed by atoms with Gasteiger partial charge in [-0.2, -0.15) is 13.2 Å². The average Bonchev–Trinajstić information content (AvgIpc) is 3.11. The van der Waals surface area contributed by atoms with Crippen LogP contribution < -0.4 is 5.32 Å². The summed E-state index contributed by atoms with van der Waals surface area (Å²) in [5, 5.41) is 7.64. The summed E-state index contributed by atoms with van der Waals surface area (Å²) in [7, 11) is 0. The molecule has 0 atom stereocenters. The number of nitrogens with one attached hydrogen (secondary N) is 2. The monoisotopic (exact) mass is 310 g/mol. The van der Waals surface area contributed by atoms with Gasteiger partial charge in [0.1, 0.15) is 17.2 Å². The van der Waals surface area contributed by atoms with Crippen molar-refractivity contribution >= 4 is 11.6 Å². The summed E-state index contributed by atoms with van der Waals surface area (Å²) >= 11 is 0. The minimum absolute atomic E-state index is 0.0884. The van der Waals surface area contributed by atoms with Crippen molar-refractivity contribution in [3.63, 3.8) is 0 Å². The maximum Gasteiger partial charge on any atom is 0.453 e. The second-order valence-electron chi connectivity index (χ2n) is 4.36. The molecule has 22 heavy (non-hydrogen) atoms. The number of aromatic nitrogens is 5. The van der Waals surface area contributed by atoms with E-state index in [4.69, 9.17) is 0 Å². The van der Waals surface area contributed by atoms with Crippen LogP contribution in [0.1, 0.15) is 22.1 Å². The molecule has 114 valence electrons. The van der Waals surface area contributed by atoms with Crippen molar-refractivity contribution in [3.05, 3.63) is 47.9 Å². The van der Waals surface area contributed by atoms with E-state index in [1.54, 1.807) is 28.8 Å². The van der Waals surface area contributed by atoms with Crippen LogP contribution in [0.3, 0.4) is 0 Å². The highest BCUT2D eigenvalue weighted by Crippen LogP contribution is 2.25. The molecule has 3 rings (SSSR count). The topological polar surface area (TPSA) is 88.0 Å². The molecule has 0 saturated heterocycles. The van der Waals surface area contributed by atoms with Crippen molar-refractivity contribution in [1.29, 1.82) is 0 Å². The van der Waals surface area contributed by atoms with Gasteiger partial charge >= 0.3 is 6.18 Å². The predicted molar refractivity (Wildman–Crippen MR) is 67.7 cm³/mol. The molecule has 0 aliphatic heterocycles. The third kappa shape index (κ3) is 2.62. The van der Waals surface area contributed by atoms with Gasteiger partial charge in [0.15, 0.2) is 0 Å². The molecule has 3 aromatic rings. The number of alkyl halides is 3. The van der Waals surface area contributed by atoms with Crippen molar-refractivity contribution in [2.75, 3.05) is 0 Å². The lowest BCUT2D eigenvalue weighted by Gasteiger charge is -2.02. The average molecular weight is 310 g/mol. The molecular weight excluding hydrogens is 301 g/mol. The van der Waals surface area contributed by atoms with E-state index in [1.807, 2.05) is 0 Å². The molecule has 0 unspecified atom stereocenters. The number of hydrogen-bond donors (Lipinski definition) is 2. The summed E-state index contributed by atoms with van der Waals surface area (Å²) in [5.41, 5.74) is 0.859. The Bertz CT molecular complexity index is 821. The summed E-state index contributed by atoms with van der Waals surface area (Å²) in [6.45, 7) is -0.206. The van der Waals surface area contributed by atoms with Crippen molar-refractivity contribution in [3.8, 4) is 0 Å². The molecule has 7 nitrogen and oxygen atoms in total. The third-order valence-electron chi connectivity index (χ3n) is 2.85. The molecule has 3 heterocycles. The maximum atomic E-state index is 12.4. The van der Waals surface area contributed by atoms with Gasteiger partial charge in [0.05, 0.1) is 12.7 Å². The van der Waals surface area contributed by atoms with Crippen molar-refractivity contribution < 1.29 is 18.0 Å². The Labute approximate surface area is 121 Å². The van der Waals surface area contributed by atoms with Crippen LogP contribution in [0.25, 0.3) is 5.65 Å². The number of halogens is 3. The SMILES string of the molecule is O=C(NCc1nc(C(F)(F)F)n[nH]1)c1cnc2ccccn12. The molecule has 0 aromatic carbocycles. The van der Waals surface area contributed by atoms with E-state index in [0.29, 0.717) is 5.65 Å². The second kappa shape index (κ2) is 5.13. The molecule has 0 aliphatic carbocycles. The largest absolute Gasteiger partial charge is 0.453 e. The highest BCUT2D eigenvalue weighted by atomic mass is 19.4. The zero-order valence-corrected chi connectivity index (χ0v) is 10.9. The van der Waals surface area contributed by atoms with Gasteiger partial charge in [-0.3, -0.25) is 14.3 Å². The molecule has 3 aromatic heterocycles. The van der Waals surface area contributed by atoms with Gasteiger partial charge < -0.3 is 5.32 Å². The summed E-state index contributed by atoms with van der Waals surface area (Å²) in [6.07, 6.45) is -1.58. The molecule has 0 fully saturated rings. The fraction of sp³-hybridized carbons (Fsp3) is 0.167. The number of carbonyl (C=O) groups excluding carboxylic acids is 1. The molecule has 0 saturated carbocycles. The molecule has 0 radical (unpaired) electrons. The Kier molecular flexibility index (Phi) is 3.28. The van der Waals surface area contributed by atoms with Gasteiger partial charge in [-0.1, -0.05) is 6.07 Å². The van der Waals surface area contributed by atoms with E-state index in [-0.39, 0.29) is 18.1 Å². The maximum absolute atomic E-state index is 12.4. The lowest BCUT2D eigenvalue weighted by Crippen LogP contribution is -2.24. The standard InChI is InChI=1S/C12H9F3N6O/c13-12(14,15)11-18-8(19-20-11)6-17-10(22)7-5-16-9-3-1-2-4-21(7)9/h1-5H,6H2,(H,17,22)(H,18,19,20). The van der Waals surface area contributed by atoms with E-state index in [0.717, 1.165) is 0 Å². The van der Waals surface area contributed by atoms with Crippen LogP contribution in [0, 0.1) is 0 Å². The summed E-state index contributed by atoms with van der Waals surface area (Å²) in [4.78, 5) is 19.4. The first kappa shape index (κ1) is 14.0. The van der Waals surface area contributed by atoms with Crippen LogP contribution in [0.2, 0.25) is 0 Å². The lowest BCUT2D eigenvalue weighted by atomic mass is 10.4. The first-order chi connectivity index (χ1) is 10.4. The normalized spacial score (nSPS) is 11.8. The zero-order chi connectivity index (χ0) is 15.7. The van der Waals surface area contributed by atoms with E-state index in [9.17, 15) is 18.0 Å². The van der Waals surface area contributed by atoms with E-state index < -0.39 is 17.9 Å². The van der Waals surface area contributed by atoms with Crippen LogP contribution >= 0.6 is 0 Å². The molecular formula is C12H9F3N6O. The van der Waals surface area contributed by atoms with Gasteiger partial charge in [-0.25, -0.2) is 9.97 Å². The number of carbonyl (C=O) groups is 1. The molecule has 10 heteroatoms. The Morgan fingerprint density at radius 2 is 2.18 bits per heavy atom. The predicted octanol–water partition coefficient (Wildman–Crippen LogP) is 1.40. The number of amides is 1. The molecule has 0 aliphatic rings. The minimum atomic E-state index is -4.62. The molecule has 1 amide bonds. The number of fused-ring (bicyclic) bond motifs is 1. The van der Waals surface area contributed by atoms with Crippen molar-refractivity contribution in [1.82, 2.24) is 29.9 Å². The molecule has 0 spiro atoms. The summed E-state index contributed by atoms with van der Waals surface area (Å²) < 4.78 is 38.6. The minimum Gasteiger partial charge on any atom is -0.343 e. The number of H-pyrrole nitrogens is 1. The van der Waals surface area contributed by atoms with Crippen molar-refractivity contribution in [2.45, 2.75) is 12.7 Å². The quantitative estimate of drug-likeness (QED) is 0.765. The van der Waals surface area contributed by atoms with E-state index in [2.05, 4.69) is 25.5 Å². The number of nitrogens with zero attached hydrogens (tertiary/aromatic N) is 4. The fourth-order valence-electron chi connectivity index (χ4n) is 1.86. The summed E-state index contributed by atoms with van der Waals surface area (Å²) in [5.74, 6) is -1.84. The Hall–Kier alpha value is -2.91. The number of hydrogen-bond acceptors (Lipinski definition) is 4. The highest BCUT2D eigenvalue weighted by molar-refractivity contribution is 5.93. The van der Waals surface area contributed by atoms with Crippen LogP contribution in [0.15, 0.2) is 30.6 Å². The number of imidazole rings is 1. The van der Waals surface area contributed by atoms with E-state index in [1.165, 1.54) is 6.20 Å². The number of rotatable bonds is 3. The van der Waals surface area contributed by atoms with E-state index >= 15 is 0 Å². The van der Waals surface area contributed by atoms with Gasteiger partial charge in [-0.05, 0) is 12.1 Å². The van der Waals surface area contributed by atoms with Gasteiger partial charge in [0.2, 0.25) is 0 Å². The van der Waals surface area contributed by atoms with Crippen LogP contribution in [-0.2, 0) is 12.7 Å². The lowest BCUT2D eigenvalue weighted by molar-refractivity contribution is -0.144. The van der Waals surface area contributed by atoms with Crippen LogP contribution in [-0.4, -0.2) is 30.5 Å². The van der Waals surface area contributed by atoms with Crippen LogP contribution in [0.4, 0.5) is 13.2 Å². The Balaban J connectivity index is 1.71.